The van der Waals surface area contributed by atoms with Crippen molar-refractivity contribution in [1.29, 1.82) is 0 Å². The van der Waals surface area contributed by atoms with Crippen LogP contribution in [0.25, 0.3) is 0 Å². The zero-order chi connectivity index (χ0) is 13.5. The van der Waals surface area contributed by atoms with E-state index in [1.807, 2.05) is 18.2 Å². The van der Waals surface area contributed by atoms with Gasteiger partial charge in [-0.15, -0.1) is 11.6 Å². The fourth-order valence-electron chi connectivity index (χ4n) is 1.07. The van der Waals surface area contributed by atoms with E-state index in [1.54, 1.807) is 24.3 Å². The van der Waals surface area contributed by atoms with Gasteiger partial charge in [0.1, 0.15) is 0 Å². The predicted octanol–water partition coefficient (Wildman–Crippen LogP) is 6.73. The Kier molecular flexibility index (Phi) is 7.21. The van der Waals surface area contributed by atoms with E-state index in [9.17, 15) is 0 Å². The van der Waals surface area contributed by atoms with Crippen molar-refractivity contribution in [1.82, 2.24) is 0 Å². The lowest BCUT2D eigenvalue weighted by Crippen LogP contribution is -1.77. The maximum absolute atomic E-state index is 5.76. The molecule has 0 saturated heterocycles. The third-order valence-corrected chi connectivity index (χ3v) is 3.61. The Labute approximate surface area is 131 Å². The number of hydrogen-bond acceptors (Lipinski definition) is 0. The van der Waals surface area contributed by atoms with Gasteiger partial charge in [-0.05, 0) is 29.8 Å². The summed E-state index contributed by atoms with van der Waals surface area (Å²) in [5.41, 5.74) is 0.910. The van der Waals surface area contributed by atoms with Crippen LogP contribution in [0.15, 0.2) is 42.5 Å². The van der Waals surface area contributed by atoms with Crippen molar-refractivity contribution in [3.63, 3.8) is 0 Å². The molecule has 0 bridgehead atoms. The molecule has 2 aromatic carbocycles. The molecule has 0 N–H and O–H groups in total. The molecule has 5 heteroatoms. The molecule has 0 radical (unpaired) electrons. The first-order chi connectivity index (χ1) is 8.54. The van der Waals surface area contributed by atoms with Gasteiger partial charge in [0.2, 0.25) is 0 Å². The summed E-state index contributed by atoms with van der Waals surface area (Å²) in [5, 5.41) is 2.48. The Bertz CT molecular complexity index is 489. The number of benzene rings is 2. The molecule has 96 valence electrons. The second-order valence-electron chi connectivity index (χ2n) is 3.28. The van der Waals surface area contributed by atoms with E-state index in [1.165, 1.54) is 0 Å². The van der Waals surface area contributed by atoms with Crippen LogP contribution in [0.1, 0.15) is 5.56 Å². The van der Waals surface area contributed by atoms with E-state index in [4.69, 9.17) is 58.0 Å². The molecular formula is C13H9Cl5. The molecule has 0 aliphatic rings. The minimum atomic E-state index is 0.427. The molecule has 2 aromatic rings. The second-order valence-corrected chi connectivity index (χ2v) is 5.21. The minimum Gasteiger partial charge on any atom is -0.121 e. The van der Waals surface area contributed by atoms with Gasteiger partial charge in [0, 0.05) is 15.9 Å². The van der Waals surface area contributed by atoms with E-state index in [-0.39, 0.29) is 0 Å². The van der Waals surface area contributed by atoms with Gasteiger partial charge >= 0.3 is 0 Å². The highest BCUT2D eigenvalue weighted by atomic mass is 35.5. The quantitative estimate of drug-likeness (QED) is 0.504. The fourth-order valence-corrected chi connectivity index (χ4v) is 2.12. The van der Waals surface area contributed by atoms with Crippen LogP contribution in [0.2, 0.25) is 20.1 Å². The highest BCUT2D eigenvalue weighted by molar-refractivity contribution is 6.41. The molecule has 0 spiro atoms. The number of hydrogen-bond donors (Lipinski definition) is 0. The minimum absolute atomic E-state index is 0.427. The summed E-state index contributed by atoms with van der Waals surface area (Å²) in [6.07, 6.45) is 0. The van der Waals surface area contributed by atoms with Crippen LogP contribution in [-0.4, -0.2) is 0 Å². The highest BCUT2D eigenvalue weighted by Crippen LogP contribution is 2.22. The van der Waals surface area contributed by atoms with E-state index in [0.29, 0.717) is 26.0 Å². The first kappa shape index (κ1) is 15.9. The zero-order valence-electron chi connectivity index (χ0n) is 9.14. The summed E-state index contributed by atoms with van der Waals surface area (Å²) in [7, 11) is 0. The van der Waals surface area contributed by atoms with Crippen molar-refractivity contribution < 1.29 is 0 Å². The molecular weight excluding hydrogens is 333 g/mol. The molecule has 0 fully saturated rings. The van der Waals surface area contributed by atoms with Gasteiger partial charge < -0.3 is 0 Å². The van der Waals surface area contributed by atoms with Crippen LogP contribution in [0, 0.1) is 0 Å². The van der Waals surface area contributed by atoms with Crippen molar-refractivity contribution in [2.24, 2.45) is 0 Å². The summed E-state index contributed by atoms with van der Waals surface area (Å²) >= 11 is 28.1. The third-order valence-electron chi connectivity index (χ3n) is 1.98. The average molecular weight is 342 g/mol. The highest BCUT2D eigenvalue weighted by Gasteiger charge is 1.97. The van der Waals surface area contributed by atoms with Gasteiger partial charge in [-0.1, -0.05) is 64.6 Å². The lowest BCUT2D eigenvalue weighted by atomic mass is 10.2. The molecule has 0 unspecified atom stereocenters. The maximum Gasteiger partial charge on any atom is 0.0592 e. The Morgan fingerprint density at radius 3 is 1.67 bits per heavy atom. The molecule has 0 saturated carbocycles. The monoisotopic (exact) mass is 340 g/mol. The van der Waals surface area contributed by atoms with Gasteiger partial charge in [-0.25, -0.2) is 0 Å². The molecule has 0 aromatic heterocycles. The molecule has 0 amide bonds. The summed E-state index contributed by atoms with van der Waals surface area (Å²) in [6, 6.07) is 12.5. The summed E-state index contributed by atoms with van der Waals surface area (Å²) in [5.74, 6) is 0.427. The normalized spacial score (nSPS) is 9.61. The molecule has 0 nitrogen and oxygen atoms in total. The SMILES string of the molecule is ClCc1ccc(Cl)cc1Cl.Clc1ccccc1Cl. The average Bonchev–Trinajstić information content (AvgIpc) is 2.34. The Balaban J connectivity index is 0.000000184. The van der Waals surface area contributed by atoms with Gasteiger partial charge in [-0.2, -0.15) is 0 Å². The number of halogens is 5. The lowest BCUT2D eigenvalue weighted by Gasteiger charge is -1.97. The van der Waals surface area contributed by atoms with Crippen molar-refractivity contribution in [3.05, 3.63) is 68.1 Å². The third kappa shape index (κ3) is 5.26. The van der Waals surface area contributed by atoms with Crippen LogP contribution in [0.4, 0.5) is 0 Å². The Morgan fingerprint density at radius 2 is 1.28 bits per heavy atom. The van der Waals surface area contributed by atoms with Crippen molar-refractivity contribution >= 4 is 58.0 Å². The largest absolute Gasteiger partial charge is 0.121 e. The smallest absolute Gasteiger partial charge is 0.0592 e. The van der Waals surface area contributed by atoms with E-state index in [0.717, 1.165) is 5.56 Å². The van der Waals surface area contributed by atoms with Crippen LogP contribution in [-0.2, 0) is 5.88 Å². The molecule has 0 aliphatic carbocycles. The van der Waals surface area contributed by atoms with Gasteiger partial charge in [0.15, 0.2) is 0 Å². The molecule has 0 atom stereocenters. The summed E-state index contributed by atoms with van der Waals surface area (Å²) in [4.78, 5) is 0. The van der Waals surface area contributed by atoms with Gasteiger partial charge in [-0.3, -0.25) is 0 Å². The second kappa shape index (κ2) is 8.14. The van der Waals surface area contributed by atoms with Crippen molar-refractivity contribution in [2.75, 3.05) is 0 Å². The van der Waals surface area contributed by atoms with Crippen molar-refractivity contribution in [2.45, 2.75) is 5.88 Å². The predicted molar refractivity (Wildman–Crippen MR) is 82.5 cm³/mol. The van der Waals surface area contributed by atoms with Crippen LogP contribution in [0.3, 0.4) is 0 Å². The first-order valence-electron chi connectivity index (χ1n) is 4.94. The van der Waals surface area contributed by atoms with E-state index >= 15 is 0 Å². The molecule has 0 aliphatic heterocycles. The van der Waals surface area contributed by atoms with Crippen LogP contribution < -0.4 is 0 Å². The fraction of sp³-hybridized carbons (Fsp3) is 0.0769. The first-order valence-corrected chi connectivity index (χ1v) is 6.99. The van der Waals surface area contributed by atoms with E-state index < -0.39 is 0 Å². The summed E-state index contributed by atoms with van der Waals surface area (Å²) in [6.45, 7) is 0. The van der Waals surface area contributed by atoms with Crippen LogP contribution in [0.5, 0.6) is 0 Å². The Morgan fingerprint density at radius 1 is 0.722 bits per heavy atom. The van der Waals surface area contributed by atoms with E-state index in [2.05, 4.69) is 0 Å². The molecule has 0 heterocycles. The number of rotatable bonds is 1. The molecule has 18 heavy (non-hydrogen) atoms. The van der Waals surface area contributed by atoms with Crippen LogP contribution >= 0.6 is 58.0 Å². The lowest BCUT2D eigenvalue weighted by molar-refractivity contribution is 1.40. The zero-order valence-corrected chi connectivity index (χ0v) is 12.9. The number of alkyl halides is 1. The van der Waals surface area contributed by atoms with Gasteiger partial charge in [0.05, 0.1) is 10.0 Å². The topological polar surface area (TPSA) is 0 Å². The van der Waals surface area contributed by atoms with Gasteiger partial charge in [0.25, 0.3) is 0 Å². The molecule has 2 rings (SSSR count). The summed E-state index contributed by atoms with van der Waals surface area (Å²) < 4.78 is 0. The Hall–Kier alpha value is -0.110. The standard InChI is InChI=1S/C7H5Cl3.C6H4Cl2/c8-4-5-1-2-6(9)3-7(5)10;7-5-3-1-2-4-6(5)8/h1-3H,4H2;1-4H. The maximum atomic E-state index is 5.76. The van der Waals surface area contributed by atoms with Crippen molar-refractivity contribution in [3.8, 4) is 0 Å².